The Balaban J connectivity index is 2.06. The van der Waals surface area contributed by atoms with Gasteiger partial charge >= 0.3 is 0 Å². The Morgan fingerprint density at radius 3 is 1.78 bits per heavy atom. The molecule has 0 spiro atoms. The second kappa shape index (κ2) is 7.16. The monoisotopic (exact) mass is 335 g/mol. The van der Waals surface area contributed by atoms with E-state index in [1.165, 1.54) is 15.9 Å². The second-order valence-electron chi connectivity index (χ2n) is 5.88. The van der Waals surface area contributed by atoms with Crippen molar-refractivity contribution in [2.24, 2.45) is 0 Å². The van der Waals surface area contributed by atoms with Crippen molar-refractivity contribution in [3.05, 3.63) is 95.0 Å². The highest BCUT2D eigenvalue weighted by Gasteiger charge is 2.25. The molecule has 3 aromatic carbocycles. The Labute approximate surface area is 145 Å². The van der Waals surface area contributed by atoms with Crippen molar-refractivity contribution < 1.29 is 0 Å². The molecule has 0 fully saturated rings. The van der Waals surface area contributed by atoms with Gasteiger partial charge in [0.15, 0.2) is 0 Å². The normalized spacial score (nSPS) is 12.3. The minimum Gasteiger partial charge on any atom is -0.0840 e. The van der Waals surface area contributed by atoms with Crippen LogP contribution in [-0.2, 0) is 0 Å². The molecule has 1 radical (unpaired) electrons. The maximum Gasteiger partial charge on any atom is 0.128 e. The molecule has 0 amide bonds. The van der Waals surface area contributed by atoms with E-state index in [-0.39, 0.29) is 0 Å². The van der Waals surface area contributed by atoms with Crippen molar-refractivity contribution in [3.8, 4) is 0 Å². The van der Waals surface area contributed by atoms with Crippen molar-refractivity contribution in [1.29, 1.82) is 0 Å². The predicted octanol–water partition coefficient (Wildman–Crippen LogP) is 4.60. The van der Waals surface area contributed by atoms with Crippen molar-refractivity contribution in [1.82, 2.24) is 0 Å². The topological polar surface area (TPSA) is 0 Å². The molecule has 0 aromatic heterocycles. The fourth-order valence-electron chi connectivity index (χ4n) is 2.95. The van der Waals surface area contributed by atoms with Crippen molar-refractivity contribution >= 4 is 30.8 Å². The van der Waals surface area contributed by atoms with E-state index in [4.69, 9.17) is 11.6 Å². The summed E-state index contributed by atoms with van der Waals surface area (Å²) in [4.78, 5) is 0. The maximum atomic E-state index is 6.37. The molecule has 0 aliphatic rings. The average Bonchev–Trinajstić information content (AvgIpc) is 2.59. The standard InChI is InChI=1S/C21H20ClSi/c1-16-13-14-18(15-21(16)22)17(2)23(19-9-5-3-6-10-19)20-11-7-4-8-12-20/h3-15,17H,1-2H3/t17-/m0/s1. The molecule has 0 aliphatic carbocycles. The number of halogens is 1. The first-order valence-electron chi connectivity index (χ1n) is 7.90. The summed E-state index contributed by atoms with van der Waals surface area (Å²) in [6, 6.07) is 28.2. The van der Waals surface area contributed by atoms with Crippen LogP contribution in [-0.4, -0.2) is 8.80 Å². The third-order valence-electron chi connectivity index (χ3n) is 4.30. The Morgan fingerprint density at radius 1 is 0.783 bits per heavy atom. The second-order valence-corrected chi connectivity index (χ2v) is 9.13. The molecule has 0 N–H and O–H groups in total. The lowest BCUT2D eigenvalue weighted by molar-refractivity contribution is 1.06. The molecule has 3 rings (SSSR count). The van der Waals surface area contributed by atoms with Gasteiger partial charge in [-0.3, -0.25) is 0 Å². The predicted molar refractivity (Wildman–Crippen MR) is 103 cm³/mol. The van der Waals surface area contributed by atoms with Gasteiger partial charge in [-0.05, 0) is 29.7 Å². The van der Waals surface area contributed by atoms with Crippen LogP contribution in [0.15, 0.2) is 78.9 Å². The number of aryl methyl sites for hydroxylation is 1. The average molecular weight is 336 g/mol. The van der Waals surface area contributed by atoms with E-state index < -0.39 is 8.80 Å². The van der Waals surface area contributed by atoms with Crippen LogP contribution in [0.5, 0.6) is 0 Å². The lowest BCUT2D eigenvalue weighted by atomic mass is 10.1. The van der Waals surface area contributed by atoms with Crippen LogP contribution >= 0.6 is 11.6 Å². The van der Waals surface area contributed by atoms with Crippen LogP contribution < -0.4 is 10.4 Å². The first-order chi connectivity index (χ1) is 11.2. The van der Waals surface area contributed by atoms with Gasteiger partial charge in [0.2, 0.25) is 0 Å². The highest BCUT2D eigenvalue weighted by Crippen LogP contribution is 2.24. The third-order valence-corrected chi connectivity index (χ3v) is 7.82. The van der Waals surface area contributed by atoms with Crippen molar-refractivity contribution in [2.45, 2.75) is 19.4 Å². The zero-order chi connectivity index (χ0) is 16.2. The quantitative estimate of drug-likeness (QED) is 0.611. The summed E-state index contributed by atoms with van der Waals surface area (Å²) in [6.07, 6.45) is 0. The molecule has 1 atom stereocenters. The molecule has 0 saturated heterocycles. The largest absolute Gasteiger partial charge is 0.128 e. The van der Waals surface area contributed by atoms with Gasteiger partial charge in [-0.15, -0.1) is 0 Å². The summed E-state index contributed by atoms with van der Waals surface area (Å²) >= 11 is 6.37. The van der Waals surface area contributed by atoms with Crippen molar-refractivity contribution in [3.63, 3.8) is 0 Å². The lowest BCUT2D eigenvalue weighted by Crippen LogP contribution is -2.46. The zero-order valence-electron chi connectivity index (χ0n) is 13.5. The van der Waals surface area contributed by atoms with E-state index in [2.05, 4.69) is 92.7 Å². The van der Waals surface area contributed by atoms with Gasteiger partial charge in [-0.25, -0.2) is 0 Å². The summed E-state index contributed by atoms with van der Waals surface area (Å²) in [5.74, 6) is 0. The van der Waals surface area contributed by atoms with Gasteiger partial charge in [0.05, 0.1) is 0 Å². The van der Waals surface area contributed by atoms with Crippen LogP contribution in [0.4, 0.5) is 0 Å². The molecule has 0 aliphatic heterocycles. The van der Waals surface area contributed by atoms with Crippen LogP contribution in [0.3, 0.4) is 0 Å². The number of hydrogen-bond donors (Lipinski definition) is 0. The fourth-order valence-corrected chi connectivity index (χ4v) is 6.09. The molecule has 0 heterocycles. The molecule has 0 saturated carbocycles. The zero-order valence-corrected chi connectivity index (χ0v) is 15.2. The van der Waals surface area contributed by atoms with E-state index >= 15 is 0 Å². The Bertz CT molecular complexity index is 729. The van der Waals surface area contributed by atoms with E-state index in [1.54, 1.807) is 0 Å². The maximum absolute atomic E-state index is 6.37. The molecule has 0 unspecified atom stereocenters. The minimum absolute atomic E-state index is 0.447. The summed E-state index contributed by atoms with van der Waals surface area (Å²) < 4.78 is 0. The molecular weight excluding hydrogens is 316 g/mol. The smallest absolute Gasteiger partial charge is 0.0840 e. The van der Waals surface area contributed by atoms with E-state index in [1.807, 2.05) is 0 Å². The molecule has 3 aromatic rings. The lowest BCUT2D eigenvalue weighted by Gasteiger charge is -2.24. The van der Waals surface area contributed by atoms with Gasteiger partial charge in [0.25, 0.3) is 0 Å². The van der Waals surface area contributed by atoms with Gasteiger partial charge in [0.1, 0.15) is 8.80 Å². The van der Waals surface area contributed by atoms with E-state index in [9.17, 15) is 0 Å². The molecule has 2 heteroatoms. The molecule has 0 nitrogen and oxygen atoms in total. The first-order valence-corrected chi connectivity index (χ1v) is 9.86. The molecule has 23 heavy (non-hydrogen) atoms. The van der Waals surface area contributed by atoms with E-state index in [0.717, 1.165) is 10.6 Å². The molecular formula is C21H20ClSi. The van der Waals surface area contributed by atoms with Gasteiger partial charge < -0.3 is 0 Å². The Morgan fingerprint density at radius 2 is 1.30 bits per heavy atom. The summed E-state index contributed by atoms with van der Waals surface area (Å²) in [5.41, 5.74) is 2.90. The number of hydrogen-bond acceptors (Lipinski definition) is 0. The Kier molecular flexibility index (Phi) is 4.99. The summed E-state index contributed by atoms with van der Waals surface area (Å²) in [5, 5.41) is 3.73. The number of benzene rings is 3. The summed E-state index contributed by atoms with van der Waals surface area (Å²) in [6.45, 7) is 4.38. The van der Waals surface area contributed by atoms with Gasteiger partial charge in [0, 0.05) is 5.02 Å². The molecule has 0 bridgehead atoms. The van der Waals surface area contributed by atoms with Crippen LogP contribution in [0.1, 0.15) is 23.6 Å². The van der Waals surface area contributed by atoms with Gasteiger partial charge in [-0.1, -0.05) is 102 Å². The fraction of sp³-hybridized carbons (Fsp3) is 0.143. The van der Waals surface area contributed by atoms with E-state index in [0.29, 0.717) is 5.54 Å². The molecule has 115 valence electrons. The SMILES string of the molecule is Cc1ccc([C@H](C)[Si](c2ccccc2)c2ccccc2)cc1Cl. The Hall–Kier alpha value is -1.83. The first kappa shape index (κ1) is 16.0. The van der Waals surface area contributed by atoms with Crippen LogP contribution in [0, 0.1) is 6.92 Å². The van der Waals surface area contributed by atoms with Crippen LogP contribution in [0.2, 0.25) is 5.02 Å². The van der Waals surface area contributed by atoms with Crippen LogP contribution in [0.25, 0.3) is 0 Å². The summed E-state index contributed by atoms with van der Waals surface area (Å²) in [7, 11) is -0.918. The highest BCUT2D eigenvalue weighted by atomic mass is 35.5. The van der Waals surface area contributed by atoms with Crippen molar-refractivity contribution in [2.75, 3.05) is 0 Å². The third kappa shape index (κ3) is 3.57. The number of rotatable bonds is 4. The highest BCUT2D eigenvalue weighted by molar-refractivity contribution is 6.86. The van der Waals surface area contributed by atoms with Gasteiger partial charge in [-0.2, -0.15) is 0 Å². The minimum atomic E-state index is -0.918.